The van der Waals surface area contributed by atoms with E-state index in [0.29, 0.717) is 5.69 Å². The molecule has 0 saturated carbocycles. The molecular formula is C13H11N3O. The van der Waals surface area contributed by atoms with E-state index in [0.717, 1.165) is 16.6 Å². The van der Waals surface area contributed by atoms with Gasteiger partial charge in [0.25, 0.3) is 0 Å². The van der Waals surface area contributed by atoms with Gasteiger partial charge >= 0.3 is 0 Å². The number of fused-ring (bicyclic) bond motifs is 1. The maximum Gasteiger partial charge on any atom is 0.145 e. The van der Waals surface area contributed by atoms with Crippen LogP contribution in [0.1, 0.15) is 5.56 Å². The smallest absolute Gasteiger partial charge is 0.145 e. The van der Waals surface area contributed by atoms with Gasteiger partial charge in [-0.25, -0.2) is 0 Å². The first-order valence-corrected chi connectivity index (χ1v) is 5.37. The number of benzene rings is 2. The van der Waals surface area contributed by atoms with E-state index in [1.807, 2.05) is 43.3 Å². The maximum absolute atomic E-state index is 9.98. The molecule has 84 valence electrons. The Morgan fingerprint density at radius 3 is 2.24 bits per heavy atom. The van der Waals surface area contributed by atoms with Crippen LogP contribution in [-0.4, -0.2) is 20.1 Å². The number of hydrogen-bond acceptors (Lipinski definition) is 3. The molecule has 0 unspecified atom stereocenters. The molecule has 0 saturated heterocycles. The Labute approximate surface area is 98.1 Å². The molecule has 0 bridgehead atoms. The minimum atomic E-state index is 0.216. The summed E-state index contributed by atoms with van der Waals surface area (Å²) in [5, 5.41) is 18.6. The first-order chi connectivity index (χ1) is 8.25. The van der Waals surface area contributed by atoms with Crippen LogP contribution >= 0.6 is 0 Å². The zero-order valence-corrected chi connectivity index (χ0v) is 9.33. The van der Waals surface area contributed by atoms with E-state index in [1.54, 1.807) is 6.07 Å². The molecule has 2 aromatic carbocycles. The summed E-state index contributed by atoms with van der Waals surface area (Å²) in [6, 6.07) is 13.1. The highest BCUT2D eigenvalue weighted by molar-refractivity contribution is 5.73. The number of aromatic nitrogens is 3. The van der Waals surface area contributed by atoms with Gasteiger partial charge in [0.15, 0.2) is 0 Å². The van der Waals surface area contributed by atoms with Gasteiger partial charge in [-0.05, 0) is 30.7 Å². The third kappa shape index (κ3) is 1.54. The Balaban J connectivity index is 2.24. The molecule has 1 aromatic heterocycles. The van der Waals surface area contributed by atoms with Crippen LogP contribution in [0.25, 0.3) is 16.7 Å². The standard InChI is InChI=1S/C13H11N3O/c1-9-5-4-8-12(13(9)17)16-14-10-6-2-3-7-11(10)15-16/h2-8,17H,1H3. The van der Waals surface area contributed by atoms with E-state index < -0.39 is 0 Å². The Hall–Kier alpha value is -2.36. The molecule has 0 fully saturated rings. The van der Waals surface area contributed by atoms with Gasteiger partial charge in [-0.3, -0.25) is 0 Å². The summed E-state index contributed by atoms with van der Waals surface area (Å²) in [6.07, 6.45) is 0. The number of rotatable bonds is 1. The molecule has 4 heteroatoms. The monoisotopic (exact) mass is 225 g/mol. The van der Waals surface area contributed by atoms with Crippen molar-refractivity contribution in [1.82, 2.24) is 15.0 Å². The summed E-state index contributed by atoms with van der Waals surface area (Å²) in [5.41, 5.74) is 3.03. The summed E-state index contributed by atoms with van der Waals surface area (Å²) in [6.45, 7) is 1.85. The van der Waals surface area contributed by atoms with Gasteiger partial charge in [0, 0.05) is 0 Å². The van der Waals surface area contributed by atoms with Crippen LogP contribution < -0.4 is 0 Å². The van der Waals surface area contributed by atoms with Crippen molar-refractivity contribution in [2.75, 3.05) is 0 Å². The Bertz CT molecular complexity index is 655. The van der Waals surface area contributed by atoms with Gasteiger partial charge in [-0.1, -0.05) is 24.3 Å². The van der Waals surface area contributed by atoms with Crippen LogP contribution in [-0.2, 0) is 0 Å². The fourth-order valence-electron chi connectivity index (χ4n) is 1.77. The molecule has 0 amide bonds. The molecule has 0 aliphatic carbocycles. The number of nitrogens with zero attached hydrogens (tertiary/aromatic N) is 3. The Morgan fingerprint density at radius 2 is 1.59 bits per heavy atom. The van der Waals surface area contributed by atoms with Gasteiger partial charge in [0.2, 0.25) is 0 Å². The SMILES string of the molecule is Cc1cccc(-n2nc3ccccc3n2)c1O. The number of phenols is 1. The van der Waals surface area contributed by atoms with Crippen LogP contribution in [0.3, 0.4) is 0 Å². The van der Waals surface area contributed by atoms with Gasteiger partial charge in [-0.2, -0.15) is 0 Å². The summed E-state index contributed by atoms with van der Waals surface area (Å²) >= 11 is 0. The second kappa shape index (κ2) is 3.59. The fraction of sp³-hybridized carbons (Fsp3) is 0.0769. The molecule has 1 N–H and O–H groups in total. The lowest BCUT2D eigenvalue weighted by atomic mass is 10.2. The Kier molecular flexibility index (Phi) is 2.08. The minimum Gasteiger partial charge on any atom is -0.505 e. The molecule has 0 atom stereocenters. The minimum absolute atomic E-state index is 0.216. The van der Waals surface area contributed by atoms with E-state index in [-0.39, 0.29) is 5.75 Å². The molecule has 3 rings (SSSR count). The van der Waals surface area contributed by atoms with Crippen molar-refractivity contribution in [3.63, 3.8) is 0 Å². The predicted molar refractivity (Wildman–Crippen MR) is 65.3 cm³/mol. The van der Waals surface area contributed by atoms with E-state index >= 15 is 0 Å². The molecule has 0 aliphatic heterocycles. The highest BCUT2D eigenvalue weighted by atomic mass is 16.3. The number of phenolic OH excluding ortho intramolecular Hbond substituents is 1. The van der Waals surface area contributed by atoms with Gasteiger partial charge in [-0.15, -0.1) is 15.0 Å². The molecule has 3 aromatic rings. The number of aryl methyl sites for hydroxylation is 1. The van der Waals surface area contributed by atoms with Crippen molar-refractivity contribution in [2.24, 2.45) is 0 Å². The molecule has 1 heterocycles. The summed E-state index contributed by atoms with van der Waals surface area (Å²) in [4.78, 5) is 1.47. The van der Waals surface area contributed by atoms with Crippen molar-refractivity contribution in [3.05, 3.63) is 48.0 Å². The van der Waals surface area contributed by atoms with Crippen LogP contribution in [0.15, 0.2) is 42.5 Å². The second-order valence-electron chi connectivity index (χ2n) is 3.92. The molecule has 0 spiro atoms. The third-order valence-corrected chi connectivity index (χ3v) is 2.72. The lowest BCUT2D eigenvalue weighted by molar-refractivity contribution is 0.463. The van der Waals surface area contributed by atoms with Crippen LogP contribution in [0.5, 0.6) is 5.75 Å². The molecule has 4 nitrogen and oxygen atoms in total. The highest BCUT2D eigenvalue weighted by Crippen LogP contribution is 2.24. The first kappa shape index (κ1) is 9.84. The number of aromatic hydroxyl groups is 1. The normalized spacial score (nSPS) is 10.9. The largest absolute Gasteiger partial charge is 0.505 e. The summed E-state index contributed by atoms with van der Waals surface area (Å²) < 4.78 is 0. The molecule has 17 heavy (non-hydrogen) atoms. The second-order valence-corrected chi connectivity index (χ2v) is 3.92. The van der Waals surface area contributed by atoms with Gasteiger partial charge < -0.3 is 5.11 Å². The zero-order chi connectivity index (χ0) is 11.8. The zero-order valence-electron chi connectivity index (χ0n) is 9.33. The van der Waals surface area contributed by atoms with E-state index in [1.165, 1.54) is 4.80 Å². The predicted octanol–water partition coefficient (Wildman–Crippen LogP) is 2.43. The molecular weight excluding hydrogens is 214 g/mol. The highest BCUT2D eigenvalue weighted by Gasteiger charge is 2.09. The van der Waals surface area contributed by atoms with Gasteiger partial charge in [0.1, 0.15) is 22.5 Å². The van der Waals surface area contributed by atoms with Gasteiger partial charge in [0.05, 0.1) is 0 Å². The van der Waals surface area contributed by atoms with E-state index in [9.17, 15) is 5.11 Å². The summed E-state index contributed by atoms with van der Waals surface area (Å²) in [7, 11) is 0. The van der Waals surface area contributed by atoms with E-state index in [2.05, 4.69) is 10.2 Å². The van der Waals surface area contributed by atoms with Crippen molar-refractivity contribution < 1.29 is 5.11 Å². The number of para-hydroxylation sites is 1. The van der Waals surface area contributed by atoms with Crippen molar-refractivity contribution in [1.29, 1.82) is 0 Å². The van der Waals surface area contributed by atoms with Crippen LogP contribution in [0.4, 0.5) is 0 Å². The van der Waals surface area contributed by atoms with E-state index in [4.69, 9.17) is 0 Å². The van der Waals surface area contributed by atoms with Crippen molar-refractivity contribution in [3.8, 4) is 11.4 Å². The fourth-order valence-corrected chi connectivity index (χ4v) is 1.77. The molecule has 0 aliphatic rings. The molecule has 0 radical (unpaired) electrons. The van der Waals surface area contributed by atoms with Crippen molar-refractivity contribution >= 4 is 11.0 Å². The Morgan fingerprint density at radius 1 is 0.941 bits per heavy atom. The van der Waals surface area contributed by atoms with Crippen LogP contribution in [0.2, 0.25) is 0 Å². The summed E-state index contributed by atoms with van der Waals surface area (Å²) in [5.74, 6) is 0.216. The van der Waals surface area contributed by atoms with Crippen LogP contribution in [0, 0.1) is 6.92 Å². The lowest BCUT2D eigenvalue weighted by Crippen LogP contribution is -1.99. The topological polar surface area (TPSA) is 50.9 Å². The maximum atomic E-state index is 9.98. The first-order valence-electron chi connectivity index (χ1n) is 5.37. The lowest BCUT2D eigenvalue weighted by Gasteiger charge is -2.04. The quantitative estimate of drug-likeness (QED) is 0.692. The van der Waals surface area contributed by atoms with Crippen molar-refractivity contribution in [2.45, 2.75) is 6.92 Å². The average molecular weight is 225 g/mol. The third-order valence-electron chi connectivity index (χ3n) is 2.72. The number of hydrogen-bond donors (Lipinski definition) is 1. The average Bonchev–Trinajstić information content (AvgIpc) is 2.76.